The van der Waals surface area contributed by atoms with Gasteiger partial charge in [0.1, 0.15) is 6.07 Å². The first kappa shape index (κ1) is 13.6. The Balaban J connectivity index is 2.31. The minimum atomic E-state index is -1.19. The summed E-state index contributed by atoms with van der Waals surface area (Å²) in [6.07, 6.45) is 0. The lowest BCUT2D eigenvalue weighted by Gasteiger charge is -2.01. The lowest BCUT2D eigenvalue weighted by atomic mass is 10.2. The van der Waals surface area contributed by atoms with Crippen molar-refractivity contribution in [2.75, 3.05) is 0 Å². The summed E-state index contributed by atoms with van der Waals surface area (Å²) in [5, 5.41) is 28.6. The summed E-state index contributed by atoms with van der Waals surface area (Å²) in [7, 11) is 0. The van der Waals surface area contributed by atoms with Crippen LogP contribution in [0, 0.1) is 21.4 Å². The number of hydrogen-bond acceptors (Lipinski definition) is 6. The molecule has 0 saturated carbocycles. The smallest absolute Gasteiger partial charge is 0.371 e. The Hall–Kier alpha value is -2.79. The van der Waals surface area contributed by atoms with Crippen LogP contribution < -0.4 is 0 Å². The van der Waals surface area contributed by atoms with Gasteiger partial charge >= 0.3 is 5.97 Å². The number of benzene rings is 1. The molecule has 0 bridgehead atoms. The number of nitrogens with zero attached hydrogens (tertiary/aromatic N) is 2. The molecular weight excluding hydrogens is 284 g/mol. The summed E-state index contributed by atoms with van der Waals surface area (Å²) in [4.78, 5) is 21.2. The second kappa shape index (κ2) is 5.46. The van der Waals surface area contributed by atoms with Crippen molar-refractivity contribution < 1.29 is 19.2 Å². The van der Waals surface area contributed by atoms with E-state index in [0.29, 0.717) is 4.90 Å². The number of aromatic carboxylic acids is 1. The molecule has 1 aromatic heterocycles. The molecule has 0 aliphatic heterocycles. The number of nitriles is 1. The molecule has 0 saturated heterocycles. The van der Waals surface area contributed by atoms with Gasteiger partial charge in [-0.25, -0.2) is 4.79 Å². The van der Waals surface area contributed by atoms with Crippen LogP contribution in [-0.2, 0) is 0 Å². The lowest BCUT2D eigenvalue weighted by molar-refractivity contribution is -0.384. The van der Waals surface area contributed by atoms with Crippen LogP contribution in [0.25, 0.3) is 0 Å². The highest BCUT2D eigenvalue weighted by Crippen LogP contribution is 2.33. The molecule has 100 valence electrons. The zero-order chi connectivity index (χ0) is 14.7. The van der Waals surface area contributed by atoms with Crippen molar-refractivity contribution in [3.63, 3.8) is 0 Å². The molecule has 20 heavy (non-hydrogen) atoms. The summed E-state index contributed by atoms with van der Waals surface area (Å²) < 4.78 is 5.05. The fourth-order valence-corrected chi connectivity index (χ4v) is 2.24. The van der Waals surface area contributed by atoms with E-state index in [2.05, 4.69) is 0 Å². The Morgan fingerprint density at radius 1 is 1.40 bits per heavy atom. The van der Waals surface area contributed by atoms with Crippen LogP contribution in [0.2, 0.25) is 0 Å². The van der Waals surface area contributed by atoms with Crippen LogP contribution in [-0.4, -0.2) is 16.0 Å². The van der Waals surface area contributed by atoms with Crippen LogP contribution in [0.5, 0.6) is 0 Å². The maximum atomic E-state index is 10.7. The summed E-state index contributed by atoms with van der Waals surface area (Å²) in [5.74, 6) is -1.41. The predicted molar refractivity (Wildman–Crippen MR) is 67.6 cm³/mol. The molecule has 0 radical (unpaired) electrons. The summed E-state index contributed by atoms with van der Waals surface area (Å²) >= 11 is 1.02. The quantitative estimate of drug-likeness (QED) is 0.679. The SMILES string of the molecule is N#Cc1cc([N+](=O)[O-])ccc1Sc1ccc(C(=O)O)o1. The monoisotopic (exact) mass is 290 g/mol. The molecule has 0 unspecified atom stereocenters. The Labute approximate surface area is 116 Å². The average molecular weight is 290 g/mol. The van der Waals surface area contributed by atoms with E-state index < -0.39 is 10.9 Å². The molecular formula is C12H6N2O5S. The van der Waals surface area contributed by atoms with Crippen LogP contribution in [0.4, 0.5) is 5.69 Å². The molecule has 0 fully saturated rings. The Morgan fingerprint density at radius 2 is 2.15 bits per heavy atom. The van der Waals surface area contributed by atoms with Crippen LogP contribution in [0.3, 0.4) is 0 Å². The van der Waals surface area contributed by atoms with E-state index in [1.165, 1.54) is 24.3 Å². The number of nitro benzene ring substituents is 1. The maximum absolute atomic E-state index is 10.7. The number of rotatable bonds is 4. The van der Waals surface area contributed by atoms with Crippen molar-refractivity contribution in [3.05, 3.63) is 51.8 Å². The van der Waals surface area contributed by atoms with Gasteiger partial charge in [0, 0.05) is 17.0 Å². The molecule has 2 aromatic rings. The maximum Gasteiger partial charge on any atom is 0.371 e. The van der Waals surface area contributed by atoms with Gasteiger partial charge in [-0.1, -0.05) is 11.8 Å². The third kappa shape index (κ3) is 2.78. The van der Waals surface area contributed by atoms with Gasteiger partial charge in [-0.15, -0.1) is 0 Å². The predicted octanol–water partition coefficient (Wildman–Crippen LogP) is 2.91. The van der Waals surface area contributed by atoms with E-state index in [9.17, 15) is 14.9 Å². The van der Waals surface area contributed by atoms with Crippen molar-refractivity contribution in [1.82, 2.24) is 0 Å². The highest BCUT2D eigenvalue weighted by atomic mass is 32.2. The first-order chi connectivity index (χ1) is 9.51. The van der Waals surface area contributed by atoms with Gasteiger partial charge in [0.2, 0.25) is 5.76 Å². The molecule has 0 atom stereocenters. The largest absolute Gasteiger partial charge is 0.475 e. The van der Waals surface area contributed by atoms with E-state index in [1.54, 1.807) is 0 Å². The minimum Gasteiger partial charge on any atom is -0.475 e. The lowest BCUT2D eigenvalue weighted by Crippen LogP contribution is -1.91. The zero-order valence-corrected chi connectivity index (χ0v) is 10.6. The van der Waals surface area contributed by atoms with Gasteiger partial charge in [-0.2, -0.15) is 5.26 Å². The van der Waals surface area contributed by atoms with E-state index >= 15 is 0 Å². The Morgan fingerprint density at radius 3 is 2.70 bits per heavy atom. The number of nitro groups is 1. The first-order valence-electron chi connectivity index (χ1n) is 5.21. The first-order valence-corrected chi connectivity index (χ1v) is 6.02. The van der Waals surface area contributed by atoms with E-state index in [-0.39, 0.29) is 22.1 Å². The molecule has 8 heteroatoms. The number of carbonyl (C=O) groups is 1. The minimum absolute atomic E-state index is 0.123. The molecule has 7 nitrogen and oxygen atoms in total. The topological polar surface area (TPSA) is 117 Å². The second-order valence-corrected chi connectivity index (χ2v) is 4.62. The molecule has 1 N–H and O–H groups in total. The summed E-state index contributed by atoms with van der Waals surface area (Å²) in [5.41, 5.74) is -0.0611. The third-order valence-electron chi connectivity index (χ3n) is 2.30. The molecule has 1 aromatic carbocycles. The van der Waals surface area contributed by atoms with Crippen LogP contribution in [0.1, 0.15) is 16.1 Å². The standard InChI is InChI=1S/C12H6N2O5S/c13-6-7-5-8(14(17)18)1-3-10(7)20-11-4-2-9(19-11)12(15)16/h1-5H,(H,15,16). The highest BCUT2D eigenvalue weighted by molar-refractivity contribution is 7.99. The van der Waals surface area contributed by atoms with E-state index in [4.69, 9.17) is 14.8 Å². The fourth-order valence-electron chi connectivity index (χ4n) is 1.41. The molecule has 0 amide bonds. The number of carboxylic acids is 1. The van der Waals surface area contributed by atoms with Crippen molar-refractivity contribution >= 4 is 23.4 Å². The van der Waals surface area contributed by atoms with Gasteiger partial charge in [0.15, 0.2) is 5.09 Å². The Kier molecular flexibility index (Phi) is 3.72. The third-order valence-corrected chi connectivity index (χ3v) is 3.29. The van der Waals surface area contributed by atoms with Gasteiger partial charge < -0.3 is 9.52 Å². The number of non-ortho nitro benzene ring substituents is 1. The highest BCUT2D eigenvalue weighted by Gasteiger charge is 2.14. The fraction of sp³-hybridized carbons (Fsp3) is 0. The van der Waals surface area contributed by atoms with Gasteiger partial charge in [-0.3, -0.25) is 10.1 Å². The molecule has 0 aliphatic rings. The van der Waals surface area contributed by atoms with Crippen molar-refractivity contribution in [1.29, 1.82) is 5.26 Å². The number of hydrogen-bond donors (Lipinski definition) is 1. The normalized spacial score (nSPS) is 9.95. The zero-order valence-electron chi connectivity index (χ0n) is 9.77. The molecule has 2 rings (SSSR count). The van der Waals surface area contributed by atoms with Crippen LogP contribution in [0.15, 0.2) is 44.7 Å². The summed E-state index contributed by atoms with van der Waals surface area (Å²) in [6.45, 7) is 0. The van der Waals surface area contributed by atoms with Crippen molar-refractivity contribution in [2.24, 2.45) is 0 Å². The van der Waals surface area contributed by atoms with Crippen LogP contribution >= 0.6 is 11.8 Å². The Bertz CT molecular complexity index is 732. The average Bonchev–Trinajstić information content (AvgIpc) is 2.87. The van der Waals surface area contributed by atoms with Gasteiger partial charge in [-0.05, 0) is 18.2 Å². The van der Waals surface area contributed by atoms with Crippen molar-refractivity contribution in [3.8, 4) is 6.07 Å². The number of carboxylic acid groups (broad SMARTS) is 1. The van der Waals surface area contributed by atoms with Gasteiger partial charge in [0.05, 0.1) is 10.5 Å². The number of furan rings is 1. The molecule has 0 spiro atoms. The van der Waals surface area contributed by atoms with Gasteiger partial charge in [0.25, 0.3) is 5.69 Å². The molecule has 0 aliphatic carbocycles. The van der Waals surface area contributed by atoms with Crippen molar-refractivity contribution in [2.45, 2.75) is 9.99 Å². The van der Waals surface area contributed by atoms with E-state index in [0.717, 1.165) is 17.8 Å². The second-order valence-electron chi connectivity index (χ2n) is 3.58. The summed E-state index contributed by atoms with van der Waals surface area (Å²) in [6, 6.07) is 8.45. The molecule has 1 heterocycles. The van der Waals surface area contributed by atoms with E-state index in [1.807, 2.05) is 6.07 Å².